The average molecular weight is 452 g/mol. The first-order chi connectivity index (χ1) is 15.0. The van der Waals surface area contributed by atoms with Gasteiger partial charge in [0.15, 0.2) is 12.2 Å². The fourth-order valence-corrected chi connectivity index (χ4v) is 3.56. The van der Waals surface area contributed by atoms with Crippen molar-refractivity contribution in [2.24, 2.45) is 11.8 Å². The highest BCUT2D eigenvalue weighted by Gasteiger charge is 2.51. The Kier molecular flexibility index (Phi) is 8.34. The quantitative estimate of drug-likeness (QED) is 0.260. The second-order valence-electron chi connectivity index (χ2n) is 7.88. The Morgan fingerprint density at radius 3 is 2.44 bits per heavy atom. The zero-order chi connectivity index (χ0) is 24.2. The van der Waals surface area contributed by atoms with Crippen molar-refractivity contribution in [2.75, 3.05) is 13.7 Å². The largest absolute Gasteiger partial charge is 0.466 e. The number of rotatable bonds is 5. The van der Waals surface area contributed by atoms with Crippen molar-refractivity contribution in [3.05, 3.63) is 35.5 Å². The number of fused-ring (bicyclic) bond motifs is 1. The maximum atomic E-state index is 12.6. The Hall–Kier alpha value is -2.98. The van der Waals surface area contributed by atoms with Crippen LogP contribution in [0.4, 0.5) is 0 Å². The van der Waals surface area contributed by atoms with Crippen LogP contribution in [0.3, 0.4) is 0 Å². The van der Waals surface area contributed by atoms with Crippen molar-refractivity contribution in [3.63, 3.8) is 0 Å². The summed E-state index contributed by atoms with van der Waals surface area (Å²) in [6.07, 6.45) is -2.84. The molecule has 1 saturated heterocycles. The normalized spacial score (nSPS) is 31.4. The number of esters is 4. The number of methoxy groups -OCH3 is 1. The van der Waals surface area contributed by atoms with Crippen molar-refractivity contribution in [1.82, 2.24) is 0 Å². The highest BCUT2D eigenvalue weighted by molar-refractivity contribution is 5.93. The third-order valence-corrected chi connectivity index (χ3v) is 5.10. The van der Waals surface area contributed by atoms with E-state index in [2.05, 4.69) is 6.58 Å². The Bertz CT molecular complexity index is 853. The molecule has 1 fully saturated rings. The van der Waals surface area contributed by atoms with E-state index in [4.69, 9.17) is 18.9 Å². The number of ether oxygens (including phenoxy) is 4. The lowest BCUT2D eigenvalue weighted by Gasteiger charge is -2.34. The van der Waals surface area contributed by atoms with Crippen LogP contribution in [0.25, 0.3) is 0 Å². The van der Waals surface area contributed by atoms with Crippen LogP contribution in [-0.2, 0) is 38.1 Å². The first-order valence-corrected chi connectivity index (χ1v) is 10.1. The van der Waals surface area contributed by atoms with Crippen LogP contribution in [0, 0.1) is 11.8 Å². The molecule has 0 aromatic heterocycles. The van der Waals surface area contributed by atoms with E-state index < -0.39 is 66.7 Å². The van der Waals surface area contributed by atoms with E-state index in [-0.39, 0.29) is 17.6 Å². The van der Waals surface area contributed by atoms with Crippen molar-refractivity contribution < 1.29 is 48.3 Å². The molecule has 10 heteroatoms. The molecule has 0 aromatic rings. The summed E-state index contributed by atoms with van der Waals surface area (Å²) in [5.41, 5.74) is -0.0373. The highest BCUT2D eigenvalue weighted by Crippen LogP contribution is 2.38. The van der Waals surface area contributed by atoms with Gasteiger partial charge in [-0.2, -0.15) is 0 Å². The summed E-state index contributed by atoms with van der Waals surface area (Å²) in [6.45, 7) is 7.53. The minimum Gasteiger partial charge on any atom is -0.466 e. The summed E-state index contributed by atoms with van der Waals surface area (Å²) >= 11 is 0. The van der Waals surface area contributed by atoms with Gasteiger partial charge in [-0.25, -0.2) is 9.59 Å². The van der Waals surface area contributed by atoms with Crippen LogP contribution in [-0.4, -0.2) is 72.2 Å². The lowest BCUT2D eigenvalue weighted by molar-refractivity contribution is -0.172. The molecule has 1 aliphatic heterocycles. The third kappa shape index (κ3) is 5.63. The van der Waals surface area contributed by atoms with Gasteiger partial charge >= 0.3 is 23.9 Å². The number of aliphatic hydroxyl groups excluding tert-OH is 2. The van der Waals surface area contributed by atoms with Crippen molar-refractivity contribution in [3.8, 4) is 0 Å². The van der Waals surface area contributed by atoms with Gasteiger partial charge in [-0.3, -0.25) is 9.59 Å². The van der Waals surface area contributed by atoms with E-state index >= 15 is 0 Å². The second kappa shape index (κ2) is 10.6. The second-order valence-corrected chi connectivity index (χ2v) is 7.88. The smallest absolute Gasteiger partial charge is 0.337 e. The van der Waals surface area contributed by atoms with Gasteiger partial charge in [0.05, 0.1) is 37.2 Å². The van der Waals surface area contributed by atoms with Gasteiger partial charge in [0.25, 0.3) is 0 Å². The lowest BCUT2D eigenvalue weighted by atomic mass is 9.83. The summed E-state index contributed by atoms with van der Waals surface area (Å²) in [6, 6.07) is 0. The monoisotopic (exact) mass is 452 g/mol. The Morgan fingerprint density at radius 2 is 1.91 bits per heavy atom. The molecule has 2 aliphatic rings. The third-order valence-electron chi connectivity index (χ3n) is 5.10. The predicted molar refractivity (Wildman–Crippen MR) is 109 cm³/mol. The highest BCUT2D eigenvalue weighted by atomic mass is 16.6. The molecule has 176 valence electrons. The van der Waals surface area contributed by atoms with Crippen LogP contribution in [0.5, 0.6) is 0 Å². The number of hydrogen-bond donors (Lipinski definition) is 2. The van der Waals surface area contributed by atoms with E-state index in [9.17, 15) is 29.4 Å². The first-order valence-electron chi connectivity index (χ1n) is 10.1. The van der Waals surface area contributed by atoms with E-state index in [1.54, 1.807) is 13.8 Å². The summed E-state index contributed by atoms with van der Waals surface area (Å²) < 4.78 is 21.1. The van der Waals surface area contributed by atoms with E-state index in [0.29, 0.717) is 5.57 Å². The molecule has 0 bridgehead atoms. The summed E-state index contributed by atoms with van der Waals surface area (Å²) in [7, 11) is 1.09. The molecular formula is C22H28O10. The van der Waals surface area contributed by atoms with Crippen LogP contribution in [0.15, 0.2) is 35.5 Å². The molecule has 2 N–H and O–H groups in total. The number of aliphatic hydroxyl groups is 2. The fraction of sp³-hybridized carbons (Fsp3) is 0.545. The molecular weight excluding hydrogens is 424 g/mol. The van der Waals surface area contributed by atoms with Gasteiger partial charge in [-0.15, -0.1) is 0 Å². The van der Waals surface area contributed by atoms with Crippen LogP contribution in [0.2, 0.25) is 0 Å². The van der Waals surface area contributed by atoms with Crippen molar-refractivity contribution in [1.29, 1.82) is 0 Å². The van der Waals surface area contributed by atoms with Crippen LogP contribution >= 0.6 is 0 Å². The maximum absolute atomic E-state index is 12.6. The molecule has 1 heterocycles. The number of carbonyl (C=O) groups is 4. The van der Waals surface area contributed by atoms with Gasteiger partial charge in [0.2, 0.25) is 0 Å². The maximum Gasteiger partial charge on any atom is 0.337 e. The molecule has 2 rings (SSSR count). The fourth-order valence-electron chi connectivity index (χ4n) is 3.56. The van der Waals surface area contributed by atoms with E-state index in [1.807, 2.05) is 0 Å². The summed E-state index contributed by atoms with van der Waals surface area (Å²) in [5, 5.41) is 20.2. The Morgan fingerprint density at radius 1 is 1.25 bits per heavy atom. The average Bonchev–Trinajstić information content (AvgIpc) is 3.00. The number of hydrogen-bond acceptors (Lipinski definition) is 10. The molecule has 0 aromatic carbocycles. The summed E-state index contributed by atoms with van der Waals surface area (Å²) in [5.74, 6) is -4.84. The van der Waals surface area contributed by atoms with Gasteiger partial charge in [-0.05, 0) is 17.7 Å². The number of carbonyl (C=O) groups excluding carboxylic acids is 4. The standard InChI is InChI=1S/C22H28O10/c1-10(2)20(26)32-19-17-11(3)21(27)31-16(17)7-13(9-23)6-14(25)8-15(22(28)29-5)18(19)30-12(4)24/h7-8,10,14,16-19,23,25H,3,6,9H2,1-2,4-5H3/b13-7+,15-8+/t14-,16-,17+,18-,19+/m1/s1. The molecule has 10 nitrogen and oxygen atoms in total. The van der Waals surface area contributed by atoms with Crippen LogP contribution in [0.1, 0.15) is 27.2 Å². The van der Waals surface area contributed by atoms with Gasteiger partial charge in [-0.1, -0.05) is 20.4 Å². The Labute approximate surface area is 185 Å². The minimum absolute atomic E-state index is 0.0624. The molecule has 0 amide bonds. The van der Waals surface area contributed by atoms with Crippen molar-refractivity contribution in [2.45, 2.75) is 51.6 Å². The van der Waals surface area contributed by atoms with E-state index in [0.717, 1.165) is 20.1 Å². The van der Waals surface area contributed by atoms with Gasteiger partial charge < -0.3 is 29.2 Å². The molecule has 5 atom stereocenters. The molecule has 1 aliphatic carbocycles. The first kappa shape index (κ1) is 25.3. The predicted octanol–water partition coefficient (Wildman–Crippen LogP) is 0.366. The molecule has 0 radical (unpaired) electrons. The van der Waals surface area contributed by atoms with Gasteiger partial charge in [0.1, 0.15) is 6.10 Å². The zero-order valence-electron chi connectivity index (χ0n) is 18.4. The SMILES string of the molecule is C=C1C(=O)O[C@@H]2/C=C(/CO)C[C@@H](O)/C=C(/C(=O)OC)[C@@H](OC(C)=O)[C@@H](OC(=O)C(C)C)[C@@H]12. The molecule has 0 unspecified atom stereocenters. The molecule has 0 spiro atoms. The van der Waals surface area contributed by atoms with Crippen LogP contribution < -0.4 is 0 Å². The molecule has 0 saturated carbocycles. The van der Waals surface area contributed by atoms with Gasteiger partial charge in [0, 0.05) is 18.9 Å². The Balaban J connectivity index is 2.77. The van der Waals surface area contributed by atoms with E-state index in [1.165, 1.54) is 6.08 Å². The summed E-state index contributed by atoms with van der Waals surface area (Å²) in [4.78, 5) is 49.4. The lowest BCUT2D eigenvalue weighted by Crippen LogP contribution is -2.47. The zero-order valence-corrected chi connectivity index (χ0v) is 18.4. The topological polar surface area (TPSA) is 146 Å². The molecule has 32 heavy (non-hydrogen) atoms. The minimum atomic E-state index is -1.53. The van der Waals surface area contributed by atoms with Crippen molar-refractivity contribution >= 4 is 23.9 Å².